The van der Waals surface area contributed by atoms with Gasteiger partial charge in [-0.3, -0.25) is 0 Å². The van der Waals surface area contributed by atoms with Crippen LogP contribution in [-0.4, -0.2) is 31.0 Å². The van der Waals surface area contributed by atoms with Crippen molar-refractivity contribution >= 4 is 27.9 Å². The quantitative estimate of drug-likeness (QED) is 0.219. The van der Waals surface area contributed by atoms with Crippen LogP contribution in [-0.2, 0) is 27.8 Å². The highest BCUT2D eigenvalue weighted by Crippen LogP contribution is 2.43. The van der Waals surface area contributed by atoms with Gasteiger partial charge in [0, 0.05) is 17.8 Å². The number of fused-ring (bicyclic) bond motifs is 1. The molecule has 3 aromatic rings. The van der Waals surface area contributed by atoms with E-state index < -0.39 is 27.3 Å². The van der Waals surface area contributed by atoms with Crippen LogP contribution in [0.5, 0.6) is 5.75 Å². The minimum Gasteiger partial charge on any atom is -0.478 e. The second kappa shape index (κ2) is 10.5. The lowest BCUT2D eigenvalue weighted by atomic mass is 9.84. The van der Waals surface area contributed by atoms with Gasteiger partial charge in [-0.25, -0.2) is 4.79 Å². The van der Waals surface area contributed by atoms with Crippen LogP contribution in [0.3, 0.4) is 0 Å². The van der Waals surface area contributed by atoms with Gasteiger partial charge >= 0.3 is 21.6 Å². The van der Waals surface area contributed by atoms with E-state index in [9.17, 15) is 26.4 Å². The van der Waals surface area contributed by atoms with Crippen LogP contribution in [0.2, 0.25) is 0 Å². The van der Waals surface area contributed by atoms with Gasteiger partial charge in [0.2, 0.25) is 0 Å². The SMILES string of the molecule is CCc1ccccc1N1[C@@H](c2ccc(C=CC(=O)O)cc2)c2ccc(OS(=O)(=O)C(F)(F)F)cc2C[C@H]1C. The first kappa shape index (κ1) is 27.3. The first-order valence-electron chi connectivity index (χ1n) is 11.9. The van der Waals surface area contributed by atoms with Crippen molar-refractivity contribution < 1.29 is 35.7 Å². The van der Waals surface area contributed by atoms with E-state index in [0.29, 0.717) is 17.5 Å². The largest absolute Gasteiger partial charge is 0.534 e. The molecule has 0 fully saturated rings. The average Bonchev–Trinajstić information content (AvgIpc) is 2.86. The number of carboxylic acid groups (broad SMARTS) is 1. The third-order valence-corrected chi connectivity index (χ3v) is 7.47. The summed E-state index contributed by atoms with van der Waals surface area (Å²) in [6.07, 6.45) is 3.78. The summed E-state index contributed by atoms with van der Waals surface area (Å²) < 4.78 is 66.2. The number of hydrogen-bond donors (Lipinski definition) is 1. The van der Waals surface area contributed by atoms with Crippen LogP contribution >= 0.6 is 0 Å². The Balaban J connectivity index is 1.83. The van der Waals surface area contributed by atoms with Crippen LogP contribution in [0.15, 0.2) is 72.8 Å². The number of nitrogens with zero attached hydrogens (tertiary/aromatic N) is 1. The molecule has 0 aromatic heterocycles. The number of anilines is 1. The summed E-state index contributed by atoms with van der Waals surface area (Å²) in [7, 11) is -5.79. The zero-order valence-electron chi connectivity index (χ0n) is 20.6. The van der Waals surface area contributed by atoms with Crippen LogP contribution in [0.4, 0.5) is 18.9 Å². The van der Waals surface area contributed by atoms with Crippen molar-refractivity contribution in [3.05, 3.63) is 101 Å². The van der Waals surface area contributed by atoms with Crippen LogP contribution in [0.25, 0.3) is 6.08 Å². The van der Waals surface area contributed by atoms with E-state index in [1.165, 1.54) is 18.2 Å². The first-order chi connectivity index (χ1) is 17.9. The van der Waals surface area contributed by atoms with E-state index in [4.69, 9.17) is 5.11 Å². The molecule has 1 aliphatic rings. The zero-order valence-corrected chi connectivity index (χ0v) is 21.5. The van der Waals surface area contributed by atoms with Gasteiger partial charge < -0.3 is 14.2 Å². The monoisotopic (exact) mass is 545 g/mol. The van der Waals surface area contributed by atoms with Crippen molar-refractivity contribution in [2.24, 2.45) is 0 Å². The van der Waals surface area contributed by atoms with Gasteiger partial charge in [0.1, 0.15) is 5.75 Å². The Hall–Kier alpha value is -3.79. The number of rotatable bonds is 7. The lowest BCUT2D eigenvalue weighted by Crippen LogP contribution is -2.43. The number of carboxylic acids is 1. The van der Waals surface area contributed by atoms with Crippen molar-refractivity contribution in [3.63, 3.8) is 0 Å². The standard InChI is InChI=1S/C28H26F3NO5S/c1-3-20-6-4-5-7-25(20)32-18(2)16-22-17-23(37-38(35,36)28(29,30)31)13-14-24(22)27(32)21-11-8-19(9-12-21)10-15-26(33)34/h4-15,17-18,27H,3,16H2,1-2H3,(H,33,34)/t18-,27+/m1/s1. The molecule has 1 N–H and O–H groups in total. The Morgan fingerprint density at radius 1 is 1.11 bits per heavy atom. The number of aryl methyl sites for hydroxylation is 1. The molecule has 1 heterocycles. The van der Waals surface area contributed by atoms with Crippen molar-refractivity contribution in [3.8, 4) is 5.75 Å². The molecule has 0 spiro atoms. The molecule has 38 heavy (non-hydrogen) atoms. The van der Waals surface area contributed by atoms with Crippen LogP contribution in [0, 0.1) is 0 Å². The molecular formula is C28H26F3NO5S. The maximum absolute atomic E-state index is 12.9. The van der Waals surface area contributed by atoms with Gasteiger partial charge in [-0.05, 0) is 71.9 Å². The topological polar surface area (TPSA) is 83.9 Å². The average molecular weight is 546 g/mol. The Morgan fingerprint density at radius 3 is 2.42 bits per heavy atom. The van der Waals surface area contributed by atoms with E-state index in [1.807, 2.05) is 43.3 Å². The highest BCUT2D eigenvalue weighted by molar-refractivity contribution is 7.88. The minimum atomic E-state index is -5.79. The maximum Gasteiger partial charge on any atom is 0.534 e. The van der Waals surface area contributed by atoms with Gasteiger partial charge in [0.05, 0.1) is 6.04 Å². The number of para-hydroxylation sites is 1. The second-order valence-electron chi connectivity index (χ2n) is 9.03. The molecule has 0 saturated carbocycles. The third-order valence-electron chi connectivity index (χ3n) is 6.49. The molecule has 200 valence electrons. The number of carbonyl (C=O) groups is 1. The Kier molecular flexibility index (Phi) is 7.55. The fraction of sp³-hybridized carbons (Fsp3) is 0.250. The fourth-order valence-electron chi connectivity index (χ4n) is 4.81. The van der Waals surface area contributed by atoms with Gasteiger partial charge in [-0.15, -0.1) is 0 Å². The van der Waals surface area contributed by atoms with Crippen LogP contribution < -0.4 is 9.08 Å². The van der Waals surface area contributed by atoms with Crippen molar-refractivity contribution in [2.75, 3.05) is 4.90 Å². The molecule has 0 saturated heterocycles. The minimum absolute atomic E-state index is 0.0961. The molecule has 1 aliphatic heterocycles. The number of alkyl halides is 3. The molecule has 2 atom stereocenters. The van der Waals surface area contributed by atoms with E-state index in [1.54, 1.807) is 18.2 Å². The molecule has 4 rings (SSSR count). The zero-order chi connectivity index (χ0) is 27.7. The smallest absolute Gasteiger partial charge is 0.478 e. The lowest BCUT2D eigenvalue weighted by molar-refractivity contribution is -0.131. The summed E-state index contributed by atoms with van der Waals surface area (Å²) in [6.45, 7) is 4.07. The highest BCUT2D eigenvalue weighted by Gasteiger charge is 2.48. The molecule has 0 radical (unpaired) electrons. The molecule has 10 heteroatoms. The van der Waals surface area contributed by atoms with E-state index >= 15 is 0 Å². The Morgan fingerprint density at radius 2 is 1.79 bits per heavy atom. The third kappa shape index (κ3) is 5.55. The molecule has 0 unspecified atom stereocenters. The van der Waals surface area contributed by atoms with Crippen LogP contribution in [0.1, 0.15) is 47.7 Å². The second-order valence-corrected chi connectivity index (χ2v) is 10.6. The maximum atomic E-state index is 12.9. The van der Waals surface area contributed by atoms with Crippen molar-refractivity contribution in [1.29, 1.82) is 0 Å². The van der Waals surface area contributed by atoms with Gasteiger partial charge in [-0.1, -0.05) is 55.5 Å². The van der Waals surface area contributed by atoms with E-state index in [2.05, 4.69) is 16.0 Å². The van der Waals surface area contributed by atoms with Gasteiger partial charge in [0.15, 0.2) is 0 Å². The molecule has 0 bridgehead atoms. The number of halogens is 3. The van der Waals surface area contributed by atoms with E-state index in [-0.39, 0.29) is 12.1 Å². The Bertz CT molecular complexity index is 1470. The summed E-state index contributed by atoms with van der Waals surface area (Å²) in [5.74, 6) is -1.46. The molecule has 6 nitrogen and oxygen atoms in total. The predicted octanol–water partition coefficient (Wildman–Crippen LogP) is 6.12. The van der Waals surface area contributed by atoms with Gasteiger partial charge in [0.25, 0.3) is 0 Å². The molecule has 0 aliphatic carbocycles. The highest BCUT2D eigenvalue weighted by atomic mass is 32.2. The summed E-state index contributed by atoms with van der Waals surface area (Å²) in [5.41, 5.74) is -0.319. The normalized spacial score (nSPS) is 17.9. The number of hydrogen-bond acceptors (Lipinski definition) is 5. The van der Waals surface area contributed by atoms with Crippen molar-refractivity contribution in [2.45, 2.75) is 44.3 Å². The predicted molar refractivity (Wildman–Crippen MR) is 138 cm³/mol. The number of aliphatic carboxylic acids is 1. The van der Waals surface area contributed by atoms with E-state index in [0.717, 1.165) is 34.9 Å². The fourth-order valence-corrected chi connectivity index (χ4v) is 5.26. The Labute approximate surface area is 219 Å². The number of benzene rings is 3. The molecule has 3 aromatic carbocycles. The summed E-state index contributed by atoms with van der Waals surface area (Å²) >= 11 is 0. The van der Waals surface area contributed by atoms with Crippen molar-refractivity contribution in [1.82, 2.24) is 0 Å². The summed E-state index contributed by atoms with van der Waals surface area (Å²) in [6, 6.07) is 19.1. The summed E-state index contributed by atoms with van der Waals surface area (Å²) in [4.78, 5) is 13.1. The van der Waals surface area contributed by atoms with Gasteiger partial charge in [-0.2, -0.15) is 21.6 Å². The molecular weight excluding hydrogens is 519 g/mol. The lowest BCUT2D eigenvalue weighted by Gasteiger charge is -2.45. The molecule has 0 amide bonds. The summed E-state index contributed by atoms with van der Waals surface area (Å²) in [5, 5.41) is 8.92. The first-order valence-corrected chi connectivity index (χ1v) is 13.3.